The molecular formula is C16H22O3. The second-order valence-electron chi connectivity index (χ2n) is 4.90. The molecule has 0 aliphatic carbocycles. The molecule has 104 valence electrons. The van der Waals surface area contributed by atoms with Crippen molar-refractivity contribution in [3.05, 3.63) is 34.9 Å². The monoisotopic (exact) mass is 262 g/mol. The van der Waals surface area contributed by atoms with Gasteiger partial charge in [-0.3, -0.25) is 4.79 Å². The molecule has 19 heavy (non-hydrogen) atoms. The van der Waals surface area contributed by atoms with E-state index in [0.29, 0.717) is 11.8 Å². The predicted octanol–water partition coefficient (Wildman–Crippen LogP) is 4.10. The van der Waals surface area contributed by atoms with E-state index < -0.39 is 5.97 Å². The molecular weight excluding hydrogens is 240 g/mol. The van der Waals surface area contributed by atoms with Crippen LogP contribution >= 0.6 is 0 Å². The fourth-order valence-electron chi connectivity index (χ4n) is 2.16. The van der Waals surface area contributed by atoms with Gasteiger partial charge in [-0.25, -0.2) is 4.79 Å². The van der Waals surface area contributed by atoms with Crippen LogP contribution in [0.25, 0.3) is 0 Å². The molecule has 0 heterocycles. The molecule has 0 saturated heterocycles. The number of aromatic carboxylic acids is 1. The Labute approximate surface area is 114 Å². The van der Waals surface area contributed by atoms with Crippen LogP contribution in [0.3, 0.4) is 0 Å². The summed E-state index contributed by atoms with van der Waals surface area (Å²) in [5, 5.41) is 8.98. The number of carbonyl (C=O) groups is 2. The molecule has 0 bridgehead atoms. The van der Waals surface area contributed by atoms with Gasteiger partial charge in [0, 0.05) is 5.56 Å². The number of hydrogen-bond acceptors (Lipinski definition) is 2. The molecule has 0 amide bonds. The SMILES string of the molecule is CCCCCCCCc1cc(C=O)cc(C(=O)O)c1. The summed E-state index contributed by atoms with van der Waals surface area (Å²) < 4.78 is 0. The molecule has 0 aromatic heterocycles. The van der Waals surface area contributed by atoms with Crippen molar-refractivity contribution in [2.75, 3.05) is 0 Å². The maximum absolute atomic E-state index is 11.0. The molecule has 0 fully saturated rings. The molecule has 3 heteroatoms. The van der Waals surface area contributed by atoms with Crippen LogP contribution in [0.1, 0.15) is 71.7 Å². The molecule has 0 saturated carbocycles. The lowest BCUT2D eigenvalue weighted by Crippen LogP contribution is -2.00. The van der Waals surface area contributed by atoms with Crippen LogP contribution in [0.15, 0.2) is 18.2 Å². The van der Waals surface area contributed by atoms with Crippen molar-refractivity contribution in [2.45, 2.75) is 51.9 Å². The summed E-state index contributed by atoms with van der Waals surface area (Å²) in [7, 11) is 0. The van der Waals surface area contributed by atoms with E-state index >= 15 is 0 Å². The van der Waals surface area contributed by atoms with Gasteiger partial charge in [0.2, 0.25) is 0 Å². The standard InChI is InChI=1S/C16H22O3/c1-2-3-4-5-6-7-8-13-9-14(12-17)11-15(10-13)16(18)19/h9-12H,2-8H2,1H3,(H,18,19). The number of benzene rings is 1. The van der Waals surface area contributed by atoms with Crippen molar-refractivity contribution in [1.82, 2.24) is 0 Å². The first-order valence-electron chi connectivity index (χ1n) is 6.99. The van der Waals surface area contributed by atoms with Gasteiger partial charge in [0.1, 0.15) is 6.29 Å². The first kappa shape index (κ1) is 15.4. The minimum atomic E-state index is -0.979. The van der Waals surface area contributed by atoms with E-state index in [4.69, 9.17) is 5.11 Å². The summed E-state index contributed by atoms with van der Waals surface area (Å²) in [4.78, 5) is 21.7. The zero-order chi connectivity index (χ0) is 14.1. The Morgan fingerprint density at radius 3 is 2.42 bits per heavy atom. The van der Waals surface area contributed by atoms with E-state index in [1.54, 1.807) is 12.1 Å². The highest BCUT2D eigenvalue weighted by Gasteiger charge is 2.06. The van der Waals surface area contributed by atoms with E-state index in [2.05, 4.69) is 6.92 Å². The van der Waals surface area contributed by atoms with Gasteiger partial charge in [-0.05, 0) is 36.6 Å². The average Bonchev–Trinajstić information content (AvgIpc) is 2.42. The maximum atomic E-state index is 11.0. The van der Waals surface area contributed by atoms with Gasteiger partial charge >= 0.3 is 5.97 Å². The summed E-state index contributed by atoms with van der Waals surface area (Å²) in [6.45, 7) is 2.19. The fourth-order valence-corrected chi connectivity index (χ4v) is 2.16. The molecule has 1 rings (SSSR count). The summed E-state index contributed by atoms with van der Waals surface area (Å²) in [5.41, 5.74) is 1.59. The number of hydrogen-bond donors (Lipinski definition) is 1. The Morgan fingerprint density at radius 1 is 1.11 bits per heavy atom. The highest BCUT2D eigenvalue weighted by atomic mass is 16.4. The zero-order valence-corrected chi connectivity index (χ0v) is 11.5. The molecule has 0 atom stereocenters. The first-order chi connectivity index (χ1) is 9.17. The Morgan fingerprint density at radius 2 is 1.79 bits per heavy atom. The zero-order valence-electron chi connectivity index (χ0n) is 11.5. The van der Waals surface area contributed by atoms with E-state index in [0.717, 1.165) is 24.8 Å². The topological polar surface area (TPSA) is 54.4 Å². The Kier molecular flexibility index (Phi) is 6.86. The predicted molar refractivity (Wildman–Crippen MR) is 75.9 cm³/mol. The summed E-state index contributed by atoms with van der Waals surface area (Å²) in [5.74, 6) is -0.979. The third-order valence-electron chi connectivity index (χ3n) is 3.22. The maximum Gasteiger partial charge on any atom is 0.335 e. The lowest BCUT2D eigenvalue weighted by atomic mass is 10.0. The smallest absolute Gasteiger partial charge is 0.335 e. The first-order valence-corrected chi connectivity index (χ1v) is 6.99. The fraction of sp³-hybridized carbons (Fsp3) is 0.500. The van der Waals surface area contributed by atoms with Crippen LogP contribution in [-0.2, 0) is 6.42 Å². The molecule has 0 spiro atoms. The number of unbranched alkanes of at least 4 members (excludes halogenated alkanes) is 5. The van der Waals surface area contributed by atoms with Crippen LogP contribution in [0.2, 0.25) is 0 Å². The van der Waals surface area contributed by atoms with Gasteiger partial charge < -0.3 is 5.11 Å². The van der Waals surface area contributed by atoms with E-state index in [1.807, 2.05) is 0 Å². The molecule has 0 radical (unpaired) electrons. The lowest BCUT2D eigenvalue weighted by molar-refractivity contribution is 0.0696. The number of aryl methyl sites for hydroxylation is 1. The number of carboxylic acids is 1. The third-order valence-corrected chi connectivity index (χ3v) is 3.22. The van der Waals surface area contributed by atoms with Crippen molar-refractivity contribution >= 4 is 12.3 Å². The van der Waals surface area contributed by atoms with Crippen LogP contribution in [0.4, 0.5) is 0 Å². The van der Waals surface area contributed by atoms with Gasteiger partial charge in [-0.1, -0.05) is 39.0 Å². The molecule has 0 unspecified atom stereocenters. The van der Waals surface area contributed by atoms with Crippen LogP contribution in [0.5, 0.6) is 0 Å². The molecule has 1 N–H and O–H groups in total. The minimum Gasteiger partial charge on any atom is -0.478 e. The average molecular weight is 262 g/mol. The van der Waals surface area contributed by atoms with E-state index in [-0.39, 0.29) is 5.56 Å². The number of carbonyl (C=O) groups excluding carboxylic acids is 1. The number of aldehydes is 1. The highest BCUT2D eigenvalue weighted by Crippen LogP contribution is 2.14. The Balaban J connectivity index is 2.50. The van der Waals surface area contributed by atoms with Gasteiger partial charge in [-0.2, -0.15) is 0 Å². The minimum absolute atomic E-state index is 0.200. The molecule has 0 aliphatic rings. The van der Waals surface area contributed by atoms with Crippen molar-refractivity contribution in [2.24, 2.45) is 0 Å². The summed E-state index contributed by atoms with van der Waals surface area (Å²) in [6.07, 6.45) is 8.77. The van der Waals surface area contributed by atoms with Crippen LogP contribution in [0, 0.1) is 0 Å². The lowest BCUT2D eigenvalue weighted by Gasteiger charge is -2.05. The second-order valence-corrected chi connectivity index (χ2v) is 4.90. The van der Waals surface area contributed by atoms with E-state index in [9.17, 15) is 9.59 Å². The second kappa shape index (κ2) is 8.46. The normalized spacial score (nSPS) is 10.4. The van der Waals surface area contributed by atoms with Crippen molar-refractivity contribution in [3.63, 3.8) is 0 Å². The Hall–Kier alpha value is -1.64. The van der Waals surface area contributed by atoms with Crippen molar-refractivity contribution in [1.29, 1.82) is 0 Å². The summed E-state index contributed by atoms with van der Waals surface area (Å²) in [6, 6.07) is 4.87. The van der Waals surface area contributed by atoms with Gasteiger partial charge in [-0.15, -0.1) is 0 Å². The van der Waals surface area contributed by atoms with Gasteiger partial charge in [0.15, 0.2) is 0 Å². The molecule has 0 aliphatic heterocycles. The van der Waals surface area contributed by atoms with Crippen LogP contribution < -0.4 is 0 Å². The number of rotatable bonds is 9. The molecule has 1 aromatic rings. The quantitative estimate of drug-likeness (QED) is 0.538. The third kappa shape index (κ3) is 5.69. The van der Waals surface area contributed by atoms with Gasteiger partial charge in [0.25, 0.3) is 0 Å². The van der Waals surface area contributed by atoms with Crippen molar-refractivity contribution in [3.8, 4) is 0 Å². The molecule has 1 aromatic carbocycles. The Bertz CT molecular complexity index is 424. The van der Waals surface area contributed by atoms with Gasteiger partial charge in [0.05, 0.1) is 5.56 Å². The summed E-state index contributed by atoms with van der Waals surface area (Å²) >= 11 is 0. The van der Waals surface area contributed by atoms with Crippen molar-refractivity contribution < 1.29 is 14.7 Å². The molecule has 3 nitrogen and oxygen atoms in total. The van der Waals surface area contributed by atoms with Crippen LogP contribution in [-0.4, -0.2) is 17.4 Å². The number of carboxylic acid groups (broad SMARTS) is 1. The van der Waals surface area contributed by atoms with E-state index in [1.165, 1.54) is 31.7 Å². The largest absolute Gasteiger partial charge is 0.478 e. The highest BCUT2D eigenvalue weighted by molar-refractivity contribution is 5.90.